The first kappa shape index (κ1) is 18.3. The number of aromatic nitrogens is 3. The monoisotopic (exact) mass is 412 g/mol. The van der Waals surface area contributed by atoms with E-state index in [0.717, 1.165) is 5.82 Å². The maximum absolute atomic E-state index is 12.3. The van der Waals surface area contributed by atoms with Gasteiger partial charge in [-0.15, -0.1) is 16.4 Å². The first-order valence-electron chi connectivity index (χ1n) is 7.37. The minimum atomic E-state index is -0.388. The molecule has 9 heteroatoms. The van der Waals surface area contributed by atoms with Gasteiger partial charge in [-0.1, -0.05) is 41.0 Å². The number of carbonyl (C=O) groups excluding carboxylic acids is 1. The topological polar surface area (TPSA) is 70.7 Å². The number of amides is 1. The molecule has 0 saturated heterocycles. The van der Waals surface area contributed by atoms with E-state index in [2.05, 4.69) is 20.5 Å². The predicted octanol–water partition coefficient (Wildman–Crippen LogP) is 4.88. The Hall–Kier alpha value is -1.54. The number of thiophene rings is 1. The number of carbonyl (C=O) groups is 1. The second-order valence-electron chi connectivity index (χ2n) is 5.19. The number of rotatable bonds is 6. The maximum Gasteiger partial charge on any atom is 0.237 e. The smallest absolute Gasteiger partial charge is 0.237 e. The van der Waals surface area contributed by atoms with Crippen molar-refractivity contribution in [2.75, 3.05) is 5.32 Å². The second-order valence-corrected chi connectivity index (χ2v) is 8.38. The minimum absolute atomic E-state index is 0.196. The molecule has 0 aliphatic carbocycles. The second kappa shape index (κ2) is 8.23. The van der Waals surface area contributed by atoms with E-state index in [-0.39, 0.29) is 11.2 Å². The van der Waals surface area contributed by atoms with Crippen LogP contribution in [-0.2, 0) is 11.2 Å². The molecule has 130 valence electrons. The lowest BCUT2D eigenvalue weighted by Crippen LogP contribution is -2.22. The van der Waals surface area contributed by atoms with Crippen molar-refractivity contribution < 1.29 is 4.79 Å². The number of hydrogen-bond donors (Lipinski definition) is 2. The Morgan fingerprint density at radius 1 is 1.40 bits per heavy atom. The van der Waals surface area contributed by atoms with Gasteiger partial charge < -0.3 is 5.32 Å². The van der Waals surface area contributed by atoms with Crippen molar-refractivity contribution in [2.45, 2.75) is 23.8 Å². The third-order valence-corrected chi connectivity index (χ3v) is 5.67. The van der Waals surface area contributed by atoms with Crippen LogP contribution in [0.2, 0.25) is 10.0 Å². The Morgan fingerprint density at radius 3 is 3.00 bits per heavy atom. The van der Waals surface area contributed by atoms with Gasteiger partial charge in [-0.05, 0) is 36.6 Å². The van der Waals surface area contributed by atoms with Gasteiger partial charge in [0.15, 0.2) is 0 Å². The summed E-state index contributed by atoms with van der Waals surface area (Å²) in [6.45, 7) is 1.79. The van der Waals surface area contributed by atoms with Crippen molar-refractivity contribution in [1.29, 1.82) is 0 Å². The Labute approximate surface area is 163 Å². The Kier molecular flexibility index (Phi) is 6.01. The summed E-state index contributed by atoms with van der Waals surface area (Å²) in [6.07, 6.45) is 0.698. The van der Waals surface area contributed by atoms with Gasteiger partial charge in [0.05, 0.1) is 16.0 Å². The number of anilines is 1. The largest absolute Gasteiger partial charge is 0.324 e. The summed E-state index contributed by atoms with van der Waals surface area (Å²) in [6, 6.07) is 8.97. The lowest BCUT2D eigenvalue weighted by Gasteiger charge is -2.11. The van der Waals surface area contributed by atoms with E-state index in [4.69, 9.17) is 23.2 Å². The summed E-state index contributed by atoms with van der Waals surface area (Å²) in [5.74, 6) is 0.578. The van der Waals surface area contributed by atoms with Crippen molar-refractivity contribution in [1.82, 2.24) is 15.2 Å². The number of benzene rings is 1. The van der Waals surface area contributed by atoms with Crippen LogP contribution in [-0.4, -0.2) is 26.3 Å². The van der Waals surface area contributed by atoms with Gasteiger partial charge >= 0.3 is 0 Å². The molecule has 0 radical (unpaired) electrons. The summed E-state index contributed by atoms with van der Waals surface area (Å²) >= 11 is 14.9. The van der Waals surface area contributed by atoms with Crippen LogP contribution in [0.4, 0.5) is 5.69 Å². The average molecular weight is 413 g/mol. The minimum Gasteiger partial charge on any atom is -0.324 e. The normalized spacial score (nSPS) is 12.1. The quantitative estimate of drug-likeness (QED) is 0.565. The van der Waals surface area contributed by atoms with Crippen LogP contribution in [0.1, 0.15) is 17.6 Å². The van der Waals surface area contributed by atoms with Crippen molar-refractivity contribution in [2.24, 2.45) is 0 Å². The molecular formula is C16H14Cl2N4OS2. The van der Waals surface area contributed by atoms with Crippen molar-refractivity contribution in [3.05, 3.63) is 56.5 Å². The highest BCUT2D eigenvalue weighted by Crippen LogP contribution is 2.27. The van der Waals surface area contributed by atoms with Crippen molar-refractivity contribution >= 4 is 57.9 Å². The first-order chi connectivity index (χ1) is 12.0. The zero-order valence-electron chi connectivity index (χ0n) is 13.1. The van der Waals surface area contributed by atoms with E-state index in [0.29, 0.717) is 27.3 Å². The Balaban J connectivity index is 1.60. The molecule has 1 aromatic carbocycles. The number of nitrogens with one attached hydrogen (secondary N) is 2. The fourth-order valence-corrected chi connectivity index (χ4v) is 3.82. The summed E-state index contributed by atoms with van der Waals surface area (Å²) in [4.78, 5) is 18.0. The molecular weight excluding hydrogens is 399 g/mol. The molecule has 0 aliphatic rings. The summed E-state index contributed by atoms with van der Waals surface area (Å²) in [7, 11) is 0. The first-order valence-corrected chi connectivity index (χ1v) is 9.89. The van der Waals surface area contributed by atoms with E-state index < -0.39 is 0 Å². The fraction of sp³-hybridized carbons (Fsp3) is 0.188. The summed E-state index contributed by atoms with van der Waals surface area (Å²) in [5.41, 5.74) is 0.486. The van der Waals surface area contributed by atoms with E-state index in [1.54, 1.807) is 36.5 Å². The number of aromatic amines is 1. The number of hydrogen-bond acceptors (Lipinski definition) is 5. The van der Waals surface area contributed by atoms with Crippen molar-refractivity contribution in [3.8, 4) is 0 Å². The lowest BCUT2D eigenvalue weighted by atomic mass is 10.3. The number of H-pyrrole nitrogens is 1. The van der Waals surface area contributed by atoms with Crippen LogP contribution < -0.4 is 5.32 Å². The van der Waals surface area contributed by atoms with Crippen LogP contribution in [0, 0.1) is 0 Å². The van der Waals surface area contributed by atoms with E-state index in [9.17, 15) is 4.79 Å². The molecule has 2 aromatic heterocycles. The van der Waals surface area contributed by atoms with Gasteiger partial charge in [0.1, 0.15) is 5.82 Å². The van der Waals surface area contributed by atoms with Gasteiger partial charge in [0.25, 0.3) is 0 Å². The van der Waals surface area contributed by atoms with E-state index in [1.165, 1.54) is 16.6 Å². The molecule has 1 unspecified atom stereocenters. The Morgan fingerprint density at radius 2 is 2.24 bits per heavy atom. The average Bonchev–Trinajstić information content (AvgIpc) is 3.23. The van der Waals surface area contributed by atoms with Crippen LogP contribution in [0.25, 0.3) is 0 Å². The highest BCUT2D eigenvalue weighted by Gasteiger charge is 2.18. The molecule has 5 nitrogen and oxygen atoms in total. The molecule has 0 saturated carbocycles. The molecule has 0 bridgehead atoms. The Bertz CT molecular complexity index is 867. The number of nitrogens with zero attached hydrogens (tertiary/aromatic N) is 2. The predicted molar refractivity (Wildman–Crippen MR) is 104 cm³/mol. The van der Waals surface area contributed by atoms with Crippen LogP contribution in [0.3, 0.4) is 0 Å². The lowest BCUT2D eigenvalue weighted by molar-refractivity contribution is -0.115. The molecule has 1 atom stereocenters. The van der Waals surface area contributed by atoms with E-state index >= 15 is 0 Å². The molecule has 1 amide bonds. The molecule has 2 N–H and O–H groups in total. The molecule has 3 aromatic rings. The summed E-state index contributed by atoms with van der Waals surface area (Å²) < 4.78 is 0. The highest BCUT2D eigenvalue weighted by atomic mass is 35.5. The van der Waals surface area contributed by atoms with Crippen LogP contribution in [0.15, 0.2) is 40.9 Å². The third kappa shape index (κ3) is 4.98. The van der Waals surface area contributed by atoms with E-state index in [1.807, 2.05) is 17.5 Å². The van der Waals surface area contributed by atoms with Crippen LogP contribution >= 0.6 is 46.3 Å². The van der Waals surface area contributed by atoms with Crippen LogP contribution in [0.5, 0.6) is 0 Å². The molecule has 0 fully saturated rings. The molecule has 25 heavy (non-hydrogen) atoms. The SMILES string of the molecule is CC(Sc1n[nH]c(Cc2cccs2)n1)C(=O)Nc1cc(Cl)ccc1Cl. The zero-order chi connectivity index (χ0) is 17.8. The van der Waals surface area contributed by atoms with Gasteiger partial charge in [-0.3, -0.25) is 9.89 Å². The standard InChI is InChI=1S/C16H14Cl2N4OS2/c1-9(15(23)19-13-7-10(17)4-5-12(13)18)25-16-20-14(21-22-16)8-11-3-2-6-24-11/h2-7,9H,8H2,1H3,(H,19,23)(H,20,21,22). The number of halogens is 2. The van der Waals surface area contributed by atoms with Gasteiger partial charge in [0.2, 0.25) is 11.1 Å². The molecule has 2 heterocycles. The summed E-state index contributed by atoms with van der Waals surface area (Å²) in [5, 5.41) is 13.0. The van der Waals surface area contributed by atoms with Gasteiger partial charge in [-0.25, -0.2) is 4.98 Å². The van der Waals surface area contributed by atoms with Gasteiger partial charge in [0, 0.05) is 16.3 Å². The molecule has 0 aliphatic heterocycles. The van der Waals surface area contributed by atoms with Crippen molar-refractivity contribution in [3.63, 3.8) is 0 Å². The third-order valence-electron chi connectivity index (χ3n) is 3.27. The highest BCUT2D eigenvalue weighted by molar-refractivity contribution is 8.00. The molecule has 3 rings (SSSR count). The molecule has 0 spiro atoms. The zero-order valence-corrected chi connectivity index (χ0v) is 16.3. The maximum atomic E-state index is 12.3. The fourth-order valence-electron chi connectivity index (χ4n) is 2.03. The van der Waals surface area contributed by atoms with Gasteiger partial charge in [-0.2, -0.15) is 0 Å². The number of thioether (sulfide) groups is 1.